The van der Waals surface area contributed by atoms with Crippen molar-refractivity contribution in [3.63, 3.8) is 0 Å². The largest absolute Gasteiger partial charge is 0.455 e. The van der Waals surface area contributed by atoms with Gasteiger partial charge in [0, 0.05) is 18.4 Å². The van der Waals surface area contributed by atoms with Crippen molar-refractivity contribution < 1.29 is 18.8 Å². The zero-order chi connectivity index (χ0) is 28.3. The number of carbonyl (C=O) groups excluding carboxylic acids is 1. The third-order valence-corrected chi connectivity index (χ3v) is 7.58. The van der Waals surface area contributed by atoms with Gasteiger partial charge < -0.3 is 14.0 Å². The van der Waals surface area contributed by atoms with Crippen LogP contribution in [0.15, 0.2) is 54.6 Å². The Labute approximate surface area is 239 Å². The number of carbonyl (C=O) groups is 1. The van der Waals surface area contributed by atoms with Crippen LogP contribution in [0.5, 0.6) is 5.75 Å². The normalized spacial score (nSPS) is 13.2. The van der Waals surface area contributed by atoms with E-state index >= 15 is 0 Å². The molecule has 0 saturated heterocycles. The maximum absolute atomic E-state index is 13.0. The smallest absolute Gasteiger partial charge is 0.311 e. The molecule has 0 aliphatic rings. The van der Waals surface area contributed by atoms with Crippen molar-refractivity contribution in [3.05, 3.63) is 65.7 Å². The molecule has 0 fully saturated rings. The zero-order valence-electron chi connectivity index (χ0n) is 25.6. The van der Waals surface area contributed by atoms with Gasteiger partial charge in [0.1, 0.15) is 12.3 Å². The quantitative estimate of drug-likeness (QED) is 0.0688. The predicted molar refractivity (Wildman–Crippen MR) is 164 cm³/mol. The van der Waals surface area contributed by atoms with E-state index in [0.29, 0.717) is 6.42 Å². The van der Waals surface area contributed by atoms with Gasteiger partial charge in [0.05, 0.1) is 26.6 Å². The fraction of sp³-hybridized carbons (Fsp3) is 0.629. The summed E-state index contributed by atoms with van der Waals surface area (Å²) in [6.07, 6.45) is 14.7. The van der Waals surface area contributed by atoms with Crippen molar-refractivity contribution in [3.8, 4) is 5.75 Å². The van der Waals surface area contributed by atoms with Gasteiger partial charge in [-0.05, 0) is 30.9 Å². The van der Waals surface area contributed by atoms with E-state index in [4.69, 9.17) is 9.47 Å². The van der Waals surface area contributed by atoms with Crippen LogP contribution < -0.4 is 4.74 Å². The van der Waals surface area contributed by atoms with Crippen molar-refractivity contribution in [1.82, 2.24) is 0 Å². The highest BCUT2D eigenvalue weighted by Crippen LogP contribution is 2.24. The molecule has 218 valence electrons. The fourth-order valence-electron chi connectivity index (χ4n) is 5.03. The summed E-state index contributed by atoms with van der Waals surface area (Å²) < 4.78 is 13.1. The number of quaternary nitrogens is 1. The van der Waals surface area contributed by atoms with Crippen LogP contribution in [0.25, 0.3) is 0 Å². The molecule has 39 heavy (non-hydrogen) atoms. The Morgan fingerprint density at radius 2 is 1.38 bits per heavy atom. The molecule has 0 aromatic heterocycles. The number of rotatable bonds is 21. The monoisotopic (exact) mass is 538 g/mol. The molecule has 2 atom stereocenters. The van der Waals surface area contributed by atoms with Crippen LogP contribution in [0.3, 0.4) is 0 Å². The third-order valence-electron chi connectivity index (χ3n) is 7.58. The highest BCUT2D eigenvalue weighted by Gasteiger charge is 2.25. The summed E-state index contributed by atoms with van der Waals surface area (Å²) in [6, 6.07) is 18.8. The van der Waals surface area contributed by atoms with Crippen LogP contribution in [0.1, 0.15) is 109 Å². The van der Waals surface area contributed by atoms with Gasteiger partial charge in [0.2, 0.25) is 6.29 Å². The second-order valence-electron chi connectivity index (χ2n) is 12.0. The van der Waals surface area contributed by atoms with Crippen molar-refractivity contribution >= 4 is 5.97 Å². The molecule has 2 aromatic rings. The number of unbranched alkanes of at least 4 members (excludes halogenated alkanes) is 8. The highest BCUT2D eigenvalue weighted by molar-refractivity contribution is 5.72. The van der Waals surface area contributed by atoms with Crippen LogP contribution in [0.2, 0.25) is 0 Å². The number of esters is 1. The summed E-state index contributed by atoms with van der Waals surface area (Å²) in [5.41, 5.74) is 2.53. The first kappa shape index (κ1) is 32.9. The Kier molecular flexibility index (Phi) is 15.9. The Morgan fingerprint density at radius 3 is 2.05 bits per heavy atom. The lowest BCUT2D eigenvalue weighted by Gasteiger charge is -2.31. The maximum Gasteiger partial charge on any atom is 0.311 e. The van der Waals surface area contributed by atoms with E-state index in [2.05, 4.69) is 64.3 Å². The molecule has 0 heterocycles. The summed E-state index contributed by atoms with van der Waals surface area (Å²) in [6.45, 7) is 8.20. The first-order chi connectivity index (χ1) is 18.8. The zero-order valence-corrected chi connectivity index (χ0v) is 25.6. The van der Waals surface area contributed by atoms with Crippen molar-refractivity contribution in [2.75, 3.05) is 20.6 Å². The fourth-order valence-corrected chi connectivity index (χ4v) is 5.03. The Hall–Kier alpha value is -2.33. The number of hydrogen-bond donors (Lipinski definition) is 0. The Bertz CT molecular complexity index is 911. The average Bonchev–Trinajstić information content (AvgIpc) is 2.92. The van der Waals surface area contributed by atoms with E-state index in [9.17, 15) is 4.79 Å². The second-order valence-corrected chi connectivity index (χ2v) is 12.0. The molecule has 0 aliphatic heterocycles. The lowest BCUT2D eigenvalue weighted by molar-refractivity contribution is -0.904. The molecule has 0 radical (unpaired) electrons. The molecule has 2 unspecified atom stereocenters. The van der Waals surface area contributed by atoms with Crippen LogP contribution in [-0.4, -0.2) is 37.4 Å². The van der Waals surface area contributed by atoms with E-state index in [1.54, 1.807) is 0 Å². The summed E-state index contributed by atoms with van der Waals surface area (Å²) in [7, 11) is 4.44. The van der Waals surface area contributed by atoms with E-state index < -0.39 is 6.29 Å². The minimum absolute atomic E-state index is 0.162. The first-order valence-corrected chi connectivity index (χ1v) is 15.7. The summed E-state index contributed by atoms with van der Waals surface area (Å²) >= 11 is 0. The molecule has 2 aromatic carbocycles. The molecule has 4 nitrogen and oxygen atoms in total. The molecule has 0 spiro atoms. The van der Waals surface area contributed by atoms with E-state index in [0.717, 1.165) is 42.6 Å². The molecular weight excluding hydrogens is 482 g/mol. The van der Waals surface area contributed by atoms with E-state index in [-0.39, 0.29) is 11.9 Å². The van der Waals surface area contributed by atoms with Gasteiger partial charge in [0.15, 0.2) is 0 Å². The lowest BCUT2D eigenvalue weighted by Crippen LogP contribution is -2.41. The van der Waals surface area contributed by atoms with Gasteiger partial charge in [-0.2, -0.15) is 0 Å². The lowest BCUT2D eigenvalue weighted by atomic mass is 10.0. The number of para-hydroxylation sites is 1. The highest BCUT2D eigenvalue weighted by atomic mass is 16.7. The standard InChI is InChI=1S/C35H56NO3/c1-6-8-9-10-11-12-13-14-18-24-32-25-19-20-26-33(32)38-34(21-7-2)39-35(37)30(3)27-28-36(4,5)29-31-22-16-15-17-23-31/h15-17,19-20,22-23,25-26,30,34H,6-14,18,21,24,27-29H2,1-5H3/q+1. The molecule has 2 rings (SSSR count). The Morgan fingerprint density at radius 1 is 0.769 bits per heavy atom. The van der Waals surface area contributed by atoms with E-state index in [1.165, 1.54) is 68.9 Å². The maximum atomic E-state index is 13.0. The van der Waals surface area contributed by atoms with Gasteiger partial charge in [-0.25, -0.2) is 0 Å². The number of nitrogens with zero attached hydrogens (tertiary/aromatic N) is 1. The van der Waals surface area contributed by atoms with Crippen molar-refractivity contribution in [2.24, 2.45) is 5.92 Å². The van der Waals surface area contributed by atoms with Crippen LogP contribution in [0, 0.1) is 5.92 Å². The van der Waals surface area contributed by atoms with Crippen LogP contribution in [0.4, 0.5) is 0 Å². The predicted octanol–water partition coefficient (Wildman–Crippen LogP) is 9.11. The van der Waals surface area contributed by atoms with Crippen LogP contribution >= 0.6 is 0 Å². The van der Waals surface area contributed by atoms with Crippen molar-refractivity contribution in [2.45, 2.75) is 117 Å². The third kappa shape index (κ3) is 14.0. The average molecular weight is 539 g/mol. The number of ether oxygens (including phenoxy) is 2. The number of aryl methyl sites for hydroxylation is 1. The van der Waals surface area contributed by atoms with Gasteiger partial charge in [-0.3, -0.25) is 4.79 Å². The topological polar surface area (TPSA) is 35.5 Å². The number of benzene rings is 2. The van der Waals surface area contributed by atoms with Gasteiger partial charge >= 0.3 is 5.97 Å². The van der Waals surface area contributed by atoms with E-state index in [1.807, 2.05) is 25.1 Å². The molecular formula is C35H56NO3+. The summed E-state index contributed by atoms with van der Waals surface area (Å²) in [4.78, 5) is 13.0. The molecule has 0 N–H and O–H groups in total. The molecule has 0 amide bonds. The molecule has 0 aliphatic carbocycles. The summed E-state index contributed by atoms with van der Waals surface area (Å²) in [5.74, 6) is 0.527. The second kappa shape index (κ2) is 18.9. The van der Waals surface area contributed by atoms with Crippen LogP contribution in [-0.2, 0) is 22.5 Å². The Balaban J connectivity index is 1.81. The van der Waals surface area contributed by atoms with Gasteiger partial charge in [-0.1, -0.05) is 121 Å². The molecule has 0 bridgehead atoms. The first-order valence-electron chi connectivity index (χ1n) is 15.7. The SMILES string of the molecule is CCCCCCCCCCCc1ccccc1OC(CCC)OC(=O)C(C)CC[N+](C)(C)Cc1ccccc1. The van der Waals surface area contributed by atoms with Gasteiger partial charge in [-0.15, -0.1) is 0 Å². The molecule has 4 heteroatoms. The minimum atomic E-state index is -0.541. The summed E-state index contributed by atoms with van der Waals surface area (Å²) in [5, 5.41) is 0. The molecule has 0 saturated carbocycles. The van der Waals surface area contributed by atoms with Crippen molar-refractivity contribution in [1.29, 1.82) is 0 Å². The number of hydrogen-bond acceptors (Lipinski definition) is 3. The van der Waals surface area contributed by atoms with Gasteiger partial charge in [0.25, 0.3) is 0 Å². The minimum Gasteiger partial charge on any atom is -0.455 e.